The van der Waals surface area contributed by atoms with Crippen LogP contribution < -0.4 is 5.73 Å². The maximum absolute atomic E-state index is 5.40. The van der Waals surface area contributed by atoms with Gasteiger partial charge in [-0.1, -0.05) is 6.92 Å². The third kappa shape index (κ3) is 4.31. The molecule has 0 aromatic carbocycles. The van der Waals surface area contributed by atoms with Crippen molar-refractivity contribution < 1.29 is 0 Å². The van der Waals surface area contributed by atoms with Crippen molar-refractivity contribution >= 4 is 12.6 Å². The summed E-state index contributed by atoms with van der Waals surface area (Å²) in [6.07, 6.45) is 0.913. The first-order chi connectivity index (χ1) is 2.56. The minimum absolute atomic E-state index is 0.264. The summed E-state index contributed by atoms with van der Waals surface area (Å²) in [7, 11) is 0. The van der Waals surface area contributed by atoms with Crippen LogP contribution in [0.5, 0.6) is 0 Å². The molecule has 1 unspecified atom stereocenters. The Kier molecular flexibility index (Phi) is 1.94. The maximum atomic E-state index is 5.40. The number of nitrogens with two attached hydrogens (primary N) is 1. The van der Waals surface area contributed by atoms with Gasteiger partial charge in [0.15, 0.2) is 0 Å². The van der Waals surface area contributed by atoms with Gasteiger partial charge in [-0.25, -0.2) is 0 Å². The van der Waals surface area contributed by atoms with Crippen molar-refractivity contribution in [3.8, 4) is 0 Å². The van der Waals surface area contributed by atoms with Gasteiger partial charge in [0.05, 0.1) is 4.87 Å². The molecule has 0 radical (unpaired) electrons. The van der Waals surface area contributed by atoms with E-state index in [0.29, 0.717) is 0 Å². The molecular formula is C4H11NS. The summed E-state index contributed by atoms with van der Waals surface area (Å²) < 4.78 is 0. The van der Waals surface area contributed by atoms with Crippen LogP contribution in [0.2, 0.25) is 0 Å². The maximum Gasteiger partial charge on any atom is 0.0559 e. The normalized spacial score (nSPS) is 20.0. The van der Waals surface area contributed by atoms with E-state index in [1.54, 1.807) is 0 Å². The van der Waals surface area contributed by atoms with E-state index >= 15 is 0 Å². The van der Waals surface area contributed by atoms with E-state index in [0.717, 1.165) is 6.42 Å². The molecule has 0 bridgehead atoms. The van der Waals surface area contributed by atoms with Crippen molar-refractivity contribution in [3.63, 3.8) is 0 Å². The van der Waals surface area contributed by atoms with Crippen molar-refractivity contribution in [2.75, 3.05) is 0 Å². The summed E-state index contributed by atoms with van der Waals surface area (Å²) in [5, 5.41) is 0. The SMILES string of the molecule is CCC(C)(N)S. The Hall–Kier alpha value is 0.310. The molecule has 0 aromatic rings. The predicted molar refractivity (Wildman–Crippen MR) is 31.9 cm³/mol. The molecule has 0 fully saturated rings. The topological polar surface area (TPSA) is 26.0 Å². The highest BCUT2D eigenvalue weighted by atomic mass is 32.1. The lowest BCUT2D eigenvalue weighted by molar-refractivity contribution is 0.657. The highest BCUT2D eigenvalue weighted by Gasteiger charge is 2.04. The van der Waals surface area contributed by atoms with Gasteiger partial charge in [-0.3, -0.25) is 0 Å². The summed E-state index contributed by atoms with van der Waals surface area (Å²) >= 11 is 4.03. The Morgan fingerprint density at radius 3 is 2.00 bits per heavy atom. The van der Waals surface area contributed by atoms with Crippen LogP contribution in [0.3, 0.4) is 0 Å². The van der Waals surface area contributed by atoms with Gasteiger partial charge in [0.2, 0.25) is 0 Å². The molecule has 2 N–H and O–H groups in total. The quantitative estimate of drug-likeness (QED) is 0.377. The zero-order valence-corrected chi connectivity index (χ0v) is 5.13. The number of hydrogen-bond donors (Lipinski definition) is 2. The van der Waals surface area contributed by atoms with Gasteiger partial charge in [-0.05, 0) is 13.3 Å². The lowest BCUT2D eigenvalue weighted by atomic mass is 10.3. The molecule has 0 rings (SSSR count). The minimum atomic E-state index is -0.264. The van der Waals surface area contributed by atoms with Crippen molar-refractivity contribution in [3.05, 3.63) is 0 Å². The molecular weight excluding hydrogens is 94.1 g/mol. The Balaban J connectivity index is 3.17. The first-order valence-corrected chi connectivity index (χ1v) is 2.52. The molecule has 6 heavy (non-hydrogen) atoms. The Bertz CT molecular complexity index is 37.3. The lowest BCUT2D eigenvalue weighted by Gasteiger charge is -2.11. The fourth-order valence-corrected chi connectivity index (χ4v) is 0. The van der Waals surface area contributed by atoms with Crippen LogP contribution in [-0.2, 0) is 0 Å². The smallest absolute Gasteiger partial charge is 0.0559 e. The average Bonchev–Trinajstić information content (AvgIpc) is 1.35. The fraction of sp³-hybridized carbons (Fsp3) is 1.00. The van der Waals surface area contributed by atoms with E-state index in [1.165, 1.54) is 0 Å². The molecule has 0 spiro atoms. The molecule has 0 aliphatic rings. The molecule has 0 saturated carbocycles. The fourth-order valence-electron chi connectivity index (χ4n) is 0. The Morgan fingerprint density at radius 2 is 2.00 bits per heavy atom. The van der Waals surface area contributed by atoms with E-state index in [4.69, 9.17) is 5.73 Å². The second kappa shape index (κ2) is 1.85. The van der Waals surface area contributed by atoms with Crippen LogP contribution >= 0.6 is 12.6 Å². The zero-order chi connectivity index (χ0) is 5.21. The molecule has 0 aliphatic heterocycles. The summed E-state index contributed by atoms with van der Waals surface area (Å²) in [6, 6.07) is 0. The highest BCUT2D eigenvalue weighted by Crippen LogP contribution is 2.07. The zero-order valence-electron chi connectivity index (χ0n) is 4.23. The van der Waals surface area contributed by atoms with Crippen LogP contribution in [0, 0.1) is 0 Å². The number of thiol groups is 1. The highest BCUT2D eigenvalue weighted by molar-refractivity contribution is 7.81. The molecule has 0 saturated heterocycles. The third-order valence-corrected chi connectivity index (χ3v) is 1.03. The van der Waals surface area contributed by atoms with E-state index in [9.17, 15) is 0 Å². The van der Waals surface area contributed by atoms with E-state index in [-0.39, 0.29) is 4.87 Å². The first-order valence-electron chi connectivity index (χ1n) is 2.07. The van der Waals surface area contributed by atoms with E-state index in [2.05, 4.69) is 12.6 Å². The molecule has 0 amide bonds. The second-order valence-corrected chi connectivity index (χ2v) is 2.73. The summed E-state index contributed by atoms with van der Waals surface area (Å²) in [4.78, 5) is -0.264. The van der Waals surface area contributed by atoms with E-state index < -0.39 is 0 Å². The van der Waals surface area contributed by atoms with Gasteiger partial charge >= 0.3 is 0 Å². The van der Waals surface area contributed by atoms with Crippen molar-refractivity contribution in [2.24, 2.45) is 5.73 Å². The molecule has 2 heteroatoms. The van der Waals surface area contributed by atoms with Gasteiger partial charge in [0.1, 0.15) is 0 Å². The minimum Gasteiger partial charge on any atom is -0.317 e. The molecule has 1 nitrogen and oxygen atoms in total. The third-order valence-electron chi connectivity index (χ3n) is 0.716. The molecule has 1 atom stereocenters. The first kappa shape index (κ1) is 6.31. The van der Waals surface area contributed by atoms with Crippen LogP contribution in [0.15, 0.2) is 0 Å². The molecule has 0 heterocycles. The predicted octanol–water partition coefficient (Wildman–Crippen LogP) is 1.00. The Morgan fingerprint density at radius 1 is 1.83 bits per heavy atom. The summed E-state index contributed by atoms with van der Waals surface area (Å²) in [6.45, 7) is 3.89. The molecule has 38 valence electrons. The standard InChI is InChI=1S/C4H11NS/c1-3-4(2,5)6/h6H,3,5H2,1-2H3. The molecule has 0 aromatic heterocycles. The van der Waals surface area contributed by atoms with Crippen LogP contribution in [0.1, 0.15) is 20.3 Å². The van der Waals surface area contributed by atoms with Gasteiger partial charge < -0.3 is 5.73 Å². The summed E-state index contributed by atoms with van der Waals surface area (Å²) in [5.74, 6) is 0. The number of hydrogen-bond acceptors (Lipinski definition) is 2. The largest absolute Gasteiger partial charge is 0.317 e. The monoisotopic (exact) mass is 105 g/mol. The van der Waals surface area contributed by atoms with Crippen molar-refractivity contribution in [2.45, 2.75) is 25.1 Å². The Labute approximate surface area is 44.3 Å². The average molecular weight is 105 g/mol. The van der Waals surface area contributed by atoms with Crippen LogP contribution in [0.25, 0.3) is 0 Å². The van der Waals surface area contributed by atoms with Crippen LogP contribution in [-0.4, -0.2) is 4.87 Å². The summed E-state index contributed by atoms with van der Waals surface area (Å²) in [5.41, 5.74) is 5.40. The van der Waals surface area contributed by atoms with E-state index in [1.807, 2.05) is 13.8 Å². The van der Waals surface area contributed by atoms with Gasteiger partial charge in [0, 0.05) is 0 Å². The second-order valence-electron chi connectivity index (χ2n) is 1.71. The van der Waals surface area contributed by atoms with Crippen LogP contribution in [0.4, 0.5) is 0 Å². The van der Waals surface area contributed by atoms with Crippen molar-refractivity contribution in [1.82, 2.24) is 0 Å². The van der Waals surface area contributed by atoms with Gasteiger partial charge in [0.25, 0.3) is 0 Å². The van der Waals surface area contributed by atoms with Gasteiger partial charge in [-0.2, -0.15) is 12.6 Å². The van der Waals surface area contributed by atoms with Crippen molar-refractivity contribution in [1.29, 1.82) is 0 Å². The number of rotatable bonds is 1. The molecule has 0 aliphatic carbocycles. The van der Waals surface area contributed by atoms with Gasteiger partial charge in [-0.15, -0.1) is 0 Å². The lowest BCUT2D eigenvalue weighted by Crippen LogP contribution is -2.26.